The fourth-order valence-electron chi connectivity index (χ4n) is 1.59. The molecule has 0 amide bonds. The van der Waals surface area contributed by atoms with Crippen molar-refractivity contribution < 1.29 is 22.4 Å². The number of aliphatic imine (C=N–C) groups is 1. The number of benzene rings is 1. The zero-order chi connectivity index (χ0) is 16.2. The van der Waals surface area contributed by atoms with Crippen molar-refractivity contribution in [3.8, 4) is 5.75 Å². The van der Waals surface area contributed by atoms with Gasteiger partial charge in [-0.2, -0.15) is 0 Å². The van der Waals surface area contributed by atoms with Crippen molar-refractivity contribution in [1.29, 1.82) is 0 Å². The lowest BCUT2D eigenvalue weighted by Gasteiger charge is -2.10. The van der Waals surface area contributed by atoms with Gasteiger partial charge in [0.05, 0.1) is 6.54 Å². The van der Waals surface area contributed by atoms with Crippen LogP contribution < -0.4 is 15.8 Å². The van der Waals surface area contributed by atoms with Crippen molar-refractivity contribution in [2.75, 3.05) is 5.32 Å². The van der Waals surface area contributed by atoms with Crippen molar-refractivity contribution in [3.63, 3.8) is 0 Å². The van der Waals surface area contributed by atoms with E-state index in [1.54, 1.807) is 13.0 Å². The van der Waals surface area contributed by atoms with Crippen LogP contribution in [0.15, 0.2) is 39.8 Å². The normalized spacial score (nSPS) is 11.7. The largest absolute Gasteiger partial charge is 0.573 e. The minimum atomic E-state index is -4.72. The average Bonchev–Trinajstić information content (AvgIpc) is 2.83. The zero-order valence-corrected chi connectivity index (χ0v) is 14.3. The van der Waals surface area contributed by atoms with Crippen LogP contribution in [0.1, 0.15) is 11.5 Å². The fourth-order valence-corrected chi connectivity index (χ4v) is 1.59. The van der Waals surface area contributed by atoms with E-state index >= 15 is 0 Å². The number of alkyl halides is 3. The van der Waals surface area contributed by atoms with Gasteiger partial charge in [0, 0.05) is 11.8 Å². The first kappa shape index (κ1) is 19.1. The lowest BCUT2D eigenvalue weighted by molar-refractivity contribution is -0.274. The smallest absolute Gasteiger partial charge is 0.406 e. The number of guanidine groups is 1. The average molecular weight is 442 g/mol. The van der Waals surface area contributed by atoms with E-state index in [1.165, 1.54) is 24.3 Å². The molecule has 3 N–H and O–H groups in total. The van der Waals surface area contributed by atoms with Gasteiger partial charge in [-0.3, -0.25) is 0 Å². The number of halogens is 4. The number of nitrogens with zero attached hydrogens (tertiary/aromatic N) is 2. The third-order valence-corrected chi connectivity index (χ3v) is 2.45. The molecule has 1 heterocycles. The first-order valence-corrected chi connectivity index (χ1v) is 6.17. The molecule has 0 bridgehead atoms. The highest BCUT2D eigenvalue weighted by Gasteiger charge is 2.30. The molecular weight excluding hydrogens is 428 g/mol. The molecule has 2 aromatic rings. The van der Waals surface area contributed by atoms with Gasteiger partial charge in [-0.15, -0.1) is 37.1 Å². The topological polar surface area (TPSA) is 85.7 Å². The molecule has 0 aliphatic heterocycles. The van der Waals surface area contributed by atoms with Crippen LogP contribution >= 0.6 is 24.0 Å². The van der Waals surface area contributed by atoms with E-state index in [-0.39, 0.29) is 42.2 Å². The number of ether oxygens (including phenoxy) is 1. The molecule has 0 atom stereocenters. The lowest BCUT2D eigenvalue weighted by Crippen LogP contribution is -2.22. The Bertz CT molecular complexity index is 656. The van der Waals surface area contributed by atoms with E-state index in [0.717, 1.165) is 0 Å². The second kappa shape index (κ2) is 8.04. The molecule has 0 spiro atoms. The van der Waals surface area contributed by atoms with E-state index in [2.05, 4.69) is 20.2 Å². The summed E-state index contributed by atoms with van der Waals surface area (Å²) in [6, 6.07) is 6.85. The molecule has 6 nitrogen and oxygen atoms in total. The molecule has 1 aromatic heterocycles. The number of anilines is 1. The summed E-state index contributed by atoms with van der Waals surface area (Å²) < 4.78 is 44.7. The van der Waals surface area contributed by atoms with Crippen LogP contribution in [-0.2, 0) is 6.54 Å². The number of hydrogen-bond donors (Lipinski definition) is 2. The highest BCUT2D eigenvalue weighted by Crippen LogP contribution is 2.23. The number of aryl methyl sites for hydroxylation is 1. The van der Waals surface area contributed by atoms with Crippen molar-refractivity contribution in [3.05, 3.63) is 41.8 Å². The van der Waals surface area contributed by atoms with Crippen LogP contribution in [0.3, 0.4) is 0 Å². The number of aromatic nitrogens is 1. The van der Waals surface area contributed by atoms with Gasteiger partial charge in [-0.25, -0.2) is 4.99 Å². The zero-order valence-electron chi connectivity index (χ0n) is 11.9. The molecule has 0 fully saturated rings. The van der Waals surface area contributed by atoms with Crippen LogP contribution in [0.25, 0.3) is 0 Å². The summed E-state index contributed by atoms with van der Waals surface area (Å²) >= 11 is 0. The van der Waals surface area contributed by atoms with E-state index in [4.69, 9.17) is 10.3 Å². The van der Waals surface area contributed by atoms with Crippen molar-refractivity contribution in [2.45, 2.75) is 19.8 Å². The highest BCUT2D eigenvalue weighted by molar-refractivity contribution is 14.0. The monoisotopic (exact) mass is 442 g/mol. The molecule has 23 heavy (non-hydrogen) atoms. The number of nitrogens with one attached hydrogen (secondary N) is 1. The van der Waals surface area contributed by atoms with Gasteiger partial charge in [0.15, 0.2) is 5.96 Å². The van der Waals surface area contributed by atoms with Gasteiger partial charge in [0.25, 0.3) is 0 Å². The summed E-state index contributed by atoms with van der Waals surface area (Å²) in [5, 5.41) is 6.49. The summed E-state index contributed by atoms with van der Waals surface area (Å²) in [6.07, 6.45) is -4.72. The molecular formula is C13H14F3IN4O2. The quantitative estimate of drug-likeness (QED) is 0.431. The maximum absolute atomic E-state index is 12.0. The summed E-state index contributed by atoms with van der Waals surface area (Å²) in [4.78, 5) is 4.03. The number of hydrogen-bond acceptors (Lipinski definition) is 4. The minimum Gasteiger partial charge on any atom is -0.406 e. The van der Waals surface area contributed by atoms with Gasteiger partial charge >= 0.3 is 6.36 Å². The van der Waals surface area contributed by atoms with Gasteiger partial charge in [-0.1, -0.05) is 5.16 Å². The van der Waals surface area contributed by atoms with E-state index in [9.17, 15) is 13.2 Å². The number of rotatable bonds is 4. The summed E-state index contributed by atoms with van der Waals surface area (Å²) in [7, 11) is 0. The molecule has 0 saturated carbocycles. The molecule has 0 aliphatic carbocycles. The van der Waals surface area contributed by atoms with Crippen molar-refractivity contribution in [2.24, 2.45) is 10.7 Å². The Balaban J connectivity index is 0.00000264. The van der Waals surface area contributed by atoms with E-state index < -0.39 is 6.36 Å². The minimum absolute atomic E-state index is 0. The molecule has 0 aliphatic rings. The molecule has 1 aromatic carbocycles. The highest BCUT2D eigenvalue weighted by atomic mass is 127. The van der Waals surface area contributed by atoms with Crippen LogP contribution in [-0.4, -0.2) is 17.5 Å². The van der Waals surface area contributed by atoms with Gasteiger partial charge in [-0.05, 0) is 31.2 Å². The summed E-state index contributed by atoms with van der Waals surface area (Å²) in [5.41, 5.74) is 6.77. The van der Waals surface area contributed by atoms with Gasteiger partial charge in [0.2, 0.25) is 0 Å². The predicted molar refractivity (Wildman–Crippen MR) is 88.7 cm³/mol. The van der Waals surface area contributed by atoms with Crippen LogP contribution in [0.2, 0.25) is 0 Å². The summed E-state index contributed by atoms with van der Waals surface area (Å²) in [6.45, 7) is 1.98. The fraction of sp³-hybridized carbons (Fsp3) is 0.231. The van der Waals surface area contributed by atoms with Crippen molar-refractivity contribution >= 4 is 35.6 Å². The second-order valence-corrected chi connectivity index (χ2v) is 4.33. The van der Waals surface area contributed by atoms with E-state index in [1.807, 2.05) is 0 Å². The first-order chi connectivity index (χ1) is 10.3. The van der Waals surface area contributed by atoms with Gasteiger partial charge in [0.1, 0.15) is 17.2 Å². The maximum atomic E-state index is 12.0. The predicted octanol–water partition coefficient (Wildman–Crippen LogP) is 3.43. The standard InChI is InChI=1S/C13H13F3N4O2.HI/c1-8-6-10(20-22-8)7-18-12(17)19-9-2-4-11(5-3-9)21-13(14,15)16;/h2-6H,7H2,1H3,(H3,17,18,19);1H. The SMILES string of the molecule is Cc1cc(CN=C(N)Nc2ccc(OC(F)(F)F)cc2)no1.I. The Kier molecular flexibility index (Phi) is 6.66. The molecule has 0 saturated heterocycles. The Morgan fingerprint density at radius 1 is 1.35 bits per heavy atom. The van der Waals surface area contributed by atoms with Crippen LogP contribution in [0.5, 0.6) is 5.75 Å². The van der Waals surface area contributed by atoms with E-state index in [0.29, 0.717) is 17.1 Å². The molecule has 0 unspecified atom stereocenters. The Morgan fingerprint density at radius 3 is 2.52 bits per heavy atom. The third-order valence-electron chi connectivity index (χ3n) is 2.45. The van der Waals surface area contributed by atoms with Gasteiger partial charge < -0.3 is 20.3 Å². The Morgan fingerprint density at radius 2 is 2.00 bits per heavy atom. The maximum Gasteiger partial charge on any atom is 0.573 e. The van der Waals surface area contributed by atoms with Crippen LogP contribution in [0, 0.1) is 6.92 Å². The first-order valence-electron chi connectivity index (χ1n) is 6.17. The third kappa shape index (κ3) is 6.76. The molecule has 2 rings (SSSR count). The molecule has 10 heteroatoms. The lowest BCUT2D eigenvalue weighted by atomic mass is 10.3. The summed E-state index contributed by atoms with van der Waals surface area (Å²) in [5.74, 6) is 0.453. The Labute approximate surface area is 146 Å². The van der Waals surface area contributed by atoms with Crippen molar-refractivity contribution in [1.82, 2.24) is 5.16 Å². The second-order valence-electron chi connectivity index (χ2n) is 4.33. The number of nitrogens with two attached hydrogens (primary N) is 1. The molecule has 0 radical (unpaired) electrons. The molecule has 126 valence electrons. The van der Waals surface area contributed by atoms with Crippen LogP contribution in [0.4, 0.5) is 18.9 Å². The Hall–Kier alpha value is -1.98.